The number of hydrogen-bond donors (Lipinski definition) is 2. The molecule has 5 heterocycles. The van der Waals surface area contributed by atoms with Crippen LogP contribution in [0.3, 0.4) is 0 Å². The molecule has 2 aliphatic heterocycles. The zero-order chi connectivity index (χ0) is 36.0. The lowest BCUT2D eigenvalue weighted by Crippen LogP contribution is -2.52. The molecule has 2 aromatic carbocycles. The number of pyridine rings is 1. The van der Waals surface area contributed by atoms with E-state index >= 15 is 4.39 Å². The molecule has 14 heteroatoms. The molecule has 5 aromatic rings. The number of aromatic nitrogens is 5. The minimum Gasteiger partial charge on any atom is -0.338 e. The average Bonchev–Trinajstić information content (AvgIpc) is 3.77. The topological polar surface area (TPSA) is 154 Å². The molecule has 3 aliphatic rings. The molecule has 2 fully saturated rings. The number of aromatic amines is 1. The summed E-state index contributed by atoms with van der Waals surface area (Å²) in [6.45, 7) is 0.802. The maximum atomic E-state index is 15.1. The molecular formula is C38H37FN8O4S. The van der Waals surface area contributed by atoms with Gasteiger partial charge in [-0.15, -0.1) is 0 Å². The van der Waals surface area contributed by atoms with Crippen LogP contribution in [-0.4, -0.2) is 98.9 Å². The fraction of sp³-hybridized carbons (Fsp3) is 0.316. The normalized spacial score (nSPS) is 19.5. The number of H-pyrrole nitrogens is 1. The highest BCUT2D eigenvalue weighted by Crippen LogP contribution is 2.40. The number of halogens is 1. The molecule has 12 nitrogen and oxygen atoms in total. The zero-order valence-corrected chi connectivity index (χ0v) is 29.4. The first-order valence-electron chi connectivity index (χ1n) is 17.3. The van der Waals surface area contributed by atoms with Crippen LogP contribution in [0.5, 0.6) is 0 Å². The van der Waals surface area contributed by atoms with Crippen LogP contribution in [0, 0.1) is 5.82 Å². The van der Waals surface area contributed by atoms with Crippen molar-refractivity contribution in [1.29, 1.82) is 0 Å². The third kappa shape index (κ3) is 6.48. The van der Waals surface area contributed by atoms with Gasteiger partial charge in [0.15, 0.2) is 20.4 Å². The SMILES string of the molecule is CS(=O)(=O)[C@@]1(C(=O)Nc2ccc3[nH]nc(-c4ccnc(C5CC5)c4)c3c2)CCN(CC(=O)N2CC=C(c3ccc(-c4ncccn4)cc3F)CC2)C1. The Kier molecular flexibility index (Phi) is 8.66. The predicted molar refractivity (Wildman–Crippen MR) is 195 cm³/mol. The Morgan fingerprint density at radius 3 is 2.56 bits per heavy atom. The summed E-state index contributed by atoms with van der Waals surface area (Å²) >= 11 is 0. The van der Waals surface area contributed by atoms with Crippen LogP contribution in [0.15, 0.2) is 79.3 Å². The van der Waals surface area contributed by atoms with Crippen molar-refractivity contribution in [2.75, 3.05) is 44.3 Å². The first-order valence-corrected chi connectivity index (χ1v) is 19.2. The first kappa shape index (κ1) is 33.8. The number of benzene rings is 2. The quantitative estimate of drug-likeness (QED) is 0.218. The molecule has 0 spiro atoms. The highest BCUT2D eigenvalue weighted by atomic mass is 32.2. The van der Waals surface area contributed by atoms with Crippen molar-refractivity contribution < 1.29 is 22.4 Å². The van der Waals surface area contributed by atoms with Gasteiger partial charge in [0.25, 0.3) is 0 Å². The number of amides is 2. The van der Waals surface area contributed by atoms with Crippen molar-refractivity contribution in [3.63, 3.8) is 0 Å². The molecule has 0 radical (unpaired) electrons. The van der Waals surface area contributed by atoms with Crippen LogP contribution in [0.2, 0.25) is 0 Å². The number of anilines is 1. The number of nitrogens with zero attached hydrogens (tertiary/aromatic N) is 6. The van der Waals surface area contributed by atoms with Crippen molar-refractivity contribution in [3.05, 3.63) is 96.3 Å². The van der Waals surface area contributed by atoms with Crippen LogP contribution < -0.4 is 5.32 Å². The van der Waals surface area contributed by atoms with E-state index in [1.807, 2.05) is 18.2 Å². The van der Waals surface area contributed by atoms with Crippen LogP contribution >= 0.6 is 0 Å². The Bertz CT molecular complexity index is 2340. The number of likely N-dealkylation sites (tertiary alicyclic amines) is 1. The van der Waals surface area contributed by atoms with E-state index in [1.165, 1.54) is 6.07 Å². The van der Waals surface area contributed by atoms with Crippen molar-refractivity contribution >= 4 is 43.8 Å². The van der Waals surface area contributed by atoms with Crippen LogP contribution in [0.25, 0.3) is 39.1 Å². The van der Waals surface area contributed by atoms with Crippen molar-refractivity contribution in [2.45, 2.75) is 36.3 Å². The van der Waals surface area contributed by atoms with Crippen LogP contribution in [0.4, 0.5) is 10.1 Å². The van der Waals surface area contributed by atoms with Crippen molar-refractivity contribution in [2.24, 2.45) is 0 Å². The Morgan fingerprint density at radius 1 is 1.00 bits per heavy atom. The lowest BCUT2D eigenvalue weighted by atomic mass is 9.97. The van der Waals surface area contributed by atoms with E-state index in [1.54, 1.807) is 64.8 Å². The summed E-state index contributed by atoms with van der Waals surface area (Å²) < 4.78 is 39.9. The number of sulfone groups is 1. The second-order valence-electron chi connectivity index (χ2n) is 13.8. The lowest BCUT2D eigenvalue weighted by Gasteiger charge is -2.29. The van der Waals surface area contributed by atoms with Gasteiger partial charge in [0, 0.05) is 90.4 Å². The molecule has 1 aliphatic carbocycles. The Labute approximate surface area is 300 Å². The molecule has 2 amide bonds. The summed E-state index contributed by atoms with van der Waals surface area (Å²) in [6.07, 6.45) is 10.7. The Hall–Kier alpha value is -5.34. The first-order chi connectivity index (χ1) is 25.1. The number of rotatable bonds is 9. The van der Waals surface area contributed by atoms with Gasteiger partial charge in [-0.2, -0.15) is 5.10 Å². The molecule has 8 rings (SSSR count). The highest BCUT2D eigenvalue weighted by Gasteiger charge is 2.53. The molecule has 3 aromatic heterocycles. The molecule has 0 unspecified atom stereocenters. The molecule has 1 atom stereocenters. The van der Waals surface area contributed by atoms with E-state index in [4.69, 9.17) is 0 Å². The summed E-state index contributed by atoms with van der Waals surface area (Å²) in [5.41, 5.74) is 5.76. The smallest absolute Gasteiger partial charge is 0.247 e. The van der Waals surface area contributed by atoms with E-state index in [0.717, 1.165) is 52.5 Å². The largest absolute Gasteiger partial charge is 0.338 e. The summed E-state index contributed by atoms with van der Waals surface area (Å²) in [7, 11) is -3.89. The minimum absolute atomic E-state index is 0.0347. The van der Waals surface area contributed by atoms with Gasteiger partial charge in [-0.05, 0) is 73.7 Å². The lowest BCUT2D eigenvalue weighted by molar-refractivity contribution is -0.132. The molecular weight excluding hydrogens is 684 g/mol. The summed E-state index contributed by atoms with van der Waals surface area (Å²) in [5.74, 6) is -0.281. The second-order valence-corrected chi connectivity index (χ2v) is 16.2. The van der Waals surface area contributed by atoms with E-state index in [-0.39, 0.29) is 37.8 Å². The van der Waals surface area contributed by atoms with Gasteiger partial charge in [-0.1, -0.05) is 18.2 Å². The molecule has 0 bridgehead atoms. The molecule has 266 valence electrons. The van der Waals surface area contributed by atoms with Gasteiger partial charge in [-0.25, -0.2) is 22.8 Å². The van der Waals surface area contributed by atoms with Crippen molar-refractivity contribution in [1.82, 2.24) is 34.9 Å². The fourth-order valence-electron chi connectivity index (χ4n) is 7.20. The summed E-state index contributed by atoms with van der Waals surface area (Å²) in [6, 6.07) is 15.9. The number of fused-ring (bicyclic) bond motifs is 1. The van der Waals surface area contributed by atoms with Crippen molar-refractivity contribution in [3.8, 4) is 22.6 Å². The summed E-state index contributed by atoms with van der Waals surface area (Å²) in [5, 5.41) is 11.2. The van der Waals surface area contributed by atoms with Gasteiger partial charge in [-0.3, -0.25) is 24.6 Å². The van der Waals surface area contributed by atoms with E-state index in [2.05, 4.69) is 30.5 Å². The van der Waals surface area contributed by atoms with Gasteiger partial charge in [0.2, 0.25) is 11.8 Å². The fourth-order valence-corrected chi connectivity index (χ4v) is 8.47. The molecule has 1 saturated heterocycles. The van der Waals surface area contributed by atoms with E-state index < -0.39 is 20.5 Å². The molecule has 2 N–H and O–H groups in total. The monoisotopic (exact) mass is 720 g/mol. The predicted octanol–water partition coefficient (Wildman–Crippen LogP) is 4.84. The maximum Gasteiger partial charge on any atom is 0.247 e. The number of carbonyl (C=O) groups excluding carboxylic acids is 2. The third-order valence-electron chi connectivity index (χ3n) is 10.4. The van der Waals surface area contributed by atoms with Gasteiger partial charge < -0.3 is 10.2 Å². The Balaban J connectivity index is 0.930. The molecule has 52 heavy (non-hydrogen) atoms. The standard InChI is InChI=1S/C38H37FN8O4S/c1-52(50,51)38(37(49)43-28-6-8-32-30(21-28)35(45-44-32)26-9-15-40-33(20-26)25-3-4-25)12-18-46(23-38)22-34(48)47-16-10-24(11-17-47)29-7-5-27(19-31(29)39)36-41-13-2-14-42-36/h2,5-10,13-15,19-21,25H,3-4,11-12,16-18,22-23H2,1H3,(H,43,49)(H,44,45)/t38-/m0/s1. The number of hydrogen-bond acceptors (Lipinski definition) is 9. The minimum atomic E-state index is -3.89. The zero-order valence-electron chi connectivity index (χ0n) is 28.5. The van der Waals surface area contributed by atoms with Gasteiger partial charge in [0.05, 0.1) is 12.1 Å². The third-order valence-corrected chi connectivity index (χ3v) is 12.3. The second kappa shape index (κ2) is 13.3. The van der Waals surface area contributed by atoms with E-state index in [0.29, 0.717) is 48.1 Å². The van der Waals surface area contributed by atoms with Crippen LogP contribution in [0.1, 0.15) is 42.9 Å². The van der Waals surface area contributed by atoms with E-state index in [9.17, 15) is 18.0 Å². The average molecular weight is 721 g/mol. The molecule has 1 saturated carbocycles. The van der Waals surface area contributed by atoms with Gasteiger partial charge in [0.1, 0.15) is 11.5 Å². The Morgan fingerprint density at radius 2 is 1.83 bits per heavy atom. The highest BCUT2D eigenvalue weighted by molar-refractivity contribution is 7.93. The van der Waals surface area contributed by atoms with Crippen LogP contribution in [-0.2, 0) is 19.4 Å². The van der Waals surface area contributed by atoms with Gasteiger partial charge >= 0.3 is 0 Å². The number of nitrogens with one attached hydrogen (secondary N) is 2. The maximum absolute atomic E-state index is 15.1. The number of carbonyl (C=O) groups is 2. The summed E-state index contributed by atoms with van der Waals surface area (Å²) in [4.78, 5) is 43.5.